The number of likely N-dealkylation sites (N-methyl/N-ethyl adjacent to an activating group) is 1. The lowest BCUT2D eigenvalue weighted by atomic mass is 9.90. The van der Waals surface area contributed by atoms with Crippen molar-refractivity contribution in [1.82, 2.24) is 4.90 Å². The second-order valence-electron chi connectivity index (χ2n) is 5.39. The summed E-state index contributed by atoms with van der Waals surface area (Å²) in [5.74, 6) is -1.14. The monoisotopic (exact) mass is 257 g/mol. The first-order chi connectivity index (χ1) is 8.63. The number of ether oxygens (including phenoxy) is 2. The van der Waals surface area contributed by atoms with E-state index in [1.54, 1.807) is 7.11 Å². The van der Waals surface area contributed by atoms with Gasteiger partial charge in [-0.1, -0.05) is 0 Å². The second kappa shape index (κ2) is 5.99. The molecule has 0 amide bonds. The minimum absolute atomic E-state index is 0.00288. The van der Waals surface area contributed by atoms with Crippen molar-refractivity contribution in [3.05, 3.63) is 0 Å². The summed E-state index contributed by atoms with van der Waals surface area (Å²) in [4.78, 5) is 13.4. The Morgan fingerprint density at radius 1 is 1.39 bits per heavy atom. The minimum atomic E-state index is -0.747. The van der Waals surface area contributed by atoms with Crippen molar-refractivity contribution in [2.45, 2.75) is 43.9 Å². The van der Waals surface area contributed by atoms with Gasteiger partial charge in [0.2, 0.25) is 0 Å². The molecule has 2 aliphatic rings. The first-order valence-electron chi connectivity index (χ1n) is 6.68. The van der Waals surface area contributed by atoms with Crippen LogP contribution in [0.1, 0.15) is 25.7 Å². The Bertz CT molecular complexity index is 297. The van der Waals surface area contributed by atoms with E-state index in [1.165, 1.54) is 0 Å². The summed E-state index contributed by atoms with van der Waals surface area (Å²) in [7, 11) is 3.78. The van der Waals surface area contributed by atoms with Crippen molar-refractivity contribution >= 4 is 5.97 Å². The minimum Gasteiger partial charge on any atom is -0.481 e. The summed E-state index contributed by atoms with van der Waals surface area (Å²) in [6, 6.07) is 0.417. The molecule has 2 fully saturated rings. The van der Waals surface area contributed by atoms with Gasteiger partial charge in [0.1, 0.15) is 0 Å². The van der Waals surface area contributed by atoms with E-state index in [0.717, 1.165) is 25.7 Å². The van der Waals surface area contributed by atoms with Crippen molar-refractivity contribution in [3.63, 3.8) is 0 Å². The number of methoxy groups -OCH3 is 1. The zero-order valence-electron chi connectivity index (χ0n) is 11.2. The molecule has 2 rings (SSSR count). The molecule has 0 bridgehead atoms. The van der Waals surface area contributed by atoms with Crippen molar-refractivity contribution in [2.24, 2.45) is 5.92 Å². The number of hydrogen-bond donors (Lipinski definition) is 1. The van der Waals surface area contributed by atoms with Crippen molar-refractivity contribution in [3.8, 4) is 0 Å². The zero-order chi connectivity index (χ0) is 13.1. The van der Waals surface area contributed by atoms with Crippen molar-refractivity contribution < 1.29 is 19.4 Å². The van der Waals surface area contributed by atoms with Crippen LogP contribution in [0, 0.1) is 5.92 Å². The van der Waals surface area contributed by atoms with E-state index in [-0.39, 0.29) is 6.04 Å². The van der Waals surface area contributed by atoms with Crippen LogP contribution in [0.2, 0.25) is 0 Å². The maximum absolute atomic E-state index is 11.2. The molecule has 18 heavy (non-hydrogen) atoms. The summed E-state index contributed by atoms with van der Waals surface area (Å²) in [6.07, 6.45) is 4.70. The Morgan fingerprint density at radius 2 is 2.17 bits per heavy atom. The third-order valence-corrected chi connectivity index (χ3v) is 4.40. The van der Waals surface area contributed by atoms with Crippen LogP contribution in [0.3, 0.4) is 0 Å². The summed E-state index contributed by atoms with van der Waals surface area (Å²) in [5.41, 5.74) is 0. The molecular weight excluding hydrogens is 234 g/mol. The Morgan fingerprint density at radius 3 is 2.83 bits per heavy atom. The van der Waals surface area contributed by atoms with E-state index in [2.05, 4.69) is 4.90 Å². The molecule has 5 nitrogen and oxygen atoms in total. The summed E-state index contributed by atoms with van der Waals surface area (Å²) in [5, 5.41) is 9.20. The Labute approximate surface area is 108 Å². The number of aliphatic carboxylic acids is 1. The van der Waals surface area contributed by atoms with Gasteiger partial charge in [0.05, 0.1) is 25.2 Å². The average Bonchev–Trinajstić information content (AvgIpc) is 2.87. The van der Waals surface area contributed by atoms with Crippen LogP contribution >= 0.6 is 0 Å². The Hall–Kier alpha value is -0.650. The molecule has 1 saturated heterocycles. The number of carbonyl (C=O) groups is 1. The van der Waals surface area contributed by atoms with Gasteiger partial charge in [0.25, 0.3) is 0 Å². The summed E-state index contributed by atoms with van der Waals surface area (Å²) >= 11 is 0. The van der Waals surface area contributed by atoms with E-state index in [1.807, 2.05) is 7.05 Å². The molecular formula is C13H23NO4. The van der Waals surface area contributed by atoms with Gasteiger partial charge in [0.15, 0.2) is 0 Å². The number of rotatable bonds is 4. The predicted octanol–water partition coefficient (Wildman–Crippen LogP) is 0.975. The van der Waals surface area contributed by atoms with Gasteiger partial charge in [0, 0.05) is 19.2 Å². The van der Waals surface area contributed by atoms with E-state index >= 15 is 0 Å². The number of carboxylic acids is 1. The molecule has 0 radical (unpaired) electrons. The fourth-order valence-corrected chi connectivity index (χ4v) is 3.16. The molecule has 0 aromatic carbocycles. The third-order valence-electron chi connectivity index (χ3n) is 4.40. The third kappa shape index (κ3) is 2.84. The lowest BCUT2D eigenvalue weighted by Gasteiger charge is -2.38. The molecule has 0 spiro atoms. The smallest absolute Gasteiger partial charge is 0.310 e. The Kier molecular flexibility index (Phi) is 4.59. The van der Waals surface area contributed by atoms with E-state index in [4.69, 9.17) is 9.47 Å². The molecule has 1 saturated carbocycles. The summed E-state index contributed by atoms with van der Waals surface area (Å²) in [6.45, 7) is 0.867. The van der Waals surface area contributed by atoms with Crippen LogP contribution in [-0.4, -0.2) is 61.5 Å². The fraction of sp³-hybridized carbons (Fsp3) is 0.923. The predicted molar refractivity (Wildman–Crippen MR) is 66.5 cm³/mol. The molecule has 1 N–H and O–H groups in total. The van der Waals surface area contributed by atoms with Gasteiger partial charge in [-0.15, -0.1) is 0 Å². The average molecular weight is 257 g/mol. The normalized spacial score (nSPS) is 37.1. The van der Waals surface area contributed by atoms with Crippen LogP contribution < -0.4 is 0 Å². The highest BCUT2D eigenvalue weighted by atomic mass is 16.5. The van der Waals surface area contributed by atoms with Gasteiger partial charge in [-0.2, -0.15) is 0 Å². The second-order valence-corrected chi connectivity index (χ2v) is 5.39. The molecule has 4 unspecified atom stereocenters. The first-order valence-corrected chi connectivity index (χ1v) is 6.68. The van der Waals surface area contributed by atoms with Gasteiger partial charge in [-0.25, -0.2) is 0 Å². The standard InChI is InChI=1S/C13H23NO4/c1-14(9-4-3-5-10(6-9)17-2)12-8-18-7-11(12)13(15)16/h9-12H,3-8H2,1-2H3,(H,15,16). The first kappa shape index (κ1) is 13.8. The zero-order valence-corrected chi connectivity index (χ0v) is 11.2. The SMILES string of the molecule is COC1CCCC(N(C)C2COCC2C(=O)O)C1. The maximum Gasteiger partial charge on any atom is 0.310 e. The largest absolute Gasteiger partial charge is 0.481 e. The van der Waals surface area contributed by atoms with E-state index in [9.17, 15) is 9.90 Å². The molecule has 5 heteroatoms. The molecule has 1 aliphatic carbocycles. The lowest BCUT2D eigenvalue weighted by Crippen LogP contribution is -2.48. The van der Waals surface area contributed by atoms with Crippen LogP contribution in [0.5, 0.6) is 0 Å². The molecule has 4 atom stereocenters. The highest BCUT2D eigenvalue weighted by Crippen LogP contribution is 2.29. The maximum atomic E-state index is 11.2. The van der Waals surface area contributed by atoms with E-state index in [0.29, 0.717) is 25.4 Å². The molecule has 0 aromatic rings. The number of carboxylic acid groups (broad SMARTS) is 1. The lowest BCUT2D eigenvalue weighted by molar-refractivity contribution is -0.143. The van der Waals surface area contributed by atoms with E-state index < -0.39 is 11.9 Å². The molecule has 0 aromatic heterocycles. The molecule has 1 heterocycles. The van der Waals surface area contributed by atoms with Crippen LogP contribution in [0.15, 0.2) is 0 Å². The quantitative estimate of drug-likeness (QED) is 0.813. The number of hydrogen-bond acceptors (Lipinski definition) is 4. The van der Waals surface area contributed by atoms with Gasteiger partial charge in [-0.3, -0.25) is 9.69 Å². The van der Waals surface area contributed by atoms with Gasteiger partial charge < -0.3 is 14.6 Å². The fourth-order valence-electron chi connectivity index (χ4n) is 3.16. The highest BCUT2D eigenvalue weighted by Gasteiger charge is 2.39. The highest BCUT2D eigenvalue weighted by molar-refractivity contribution is 5.71. The van der Waals surface area contributed by atoms with Crippen molar-refractivity contribution in [2.75, 3.05) is 27.4 Å². The Balaban J connectivity index is 1.97. The van der Waals surface area contributed by atoms with Crippen LogP contribution in [0.4, 0.5) is 0 Å². The molecule has 1 aliphatic heterocycles. The van der Waals surface area contributed by atoms with Gasteiger partial charge in [-0.05, 0) is 32.7 Å². The van der Waals surface area contributed by atoms with Crippen LogP contribution in [-0.2, 0) is 14.3 Å². The molecule has 104 valence electrons. The van der Waals surface area contributed by atoms with Crippen LogP contribution in [0.25, 0.3) is 0 Å². The summed E-state index contributed by atoms with van der Waals surface area (Å²) < 4.78 is 10.8. The van der Waals surface area contributed by atoms with Gasteiger partial charge >= 0.3 is 5.97 Å². The van der Waals surface area contributed by atoms with Crippen molar-refractivity contribution in [1.29, 1.82) is 0 Å². The topological polar surface area (TPSA) is 59.0 Å². The number of nitrogens with zero attached hydrogens (tertiary/aromatic N) is 1.